The van der Waals surface area contributed by atoms with E-state index in [-0.39, 0.29) is 0 Å². The Morgan fingerprint density at radius 1 is 1.00 bits per heavy atom. The minimum atomic E-state index is 0.738. The van der Waals surface area contributed by atoms with Gasteiger partial charge in [-0.3, -0.25) is 0 Å². The minimum Gasteiger partial charge on any atom is -0.313 e. The molecule has 0 aromatic heterocycles. The summed E-state index contributed by atoms with van der Waals surface area (Å²) in [5.74, 6) is 0. The average molecular weight is 250 g/mol. The summed E-state index contributed by atoms with van der Waals surface area (Å²) < 4.78 is 0. The van der Waals surface area contributed by atoms with Crippen LogP contribution in [-0.2, 0) is 0 Å². The van der Waals surface area contributed by atoms with E-state index in [0.29, 0.717) is 0 Å². The molecule has 2 unspecified atom stereocenters. The summed E-state index contributed by atoms with van der Waals surface area (Å²) in [4.78, 5) is 2.71. The third-order valence-corrected chi connectivity index (χ3v) is 5.92. The molecule has 1 spiro atoms. The number of rotatable bonds is 3. The molecule has 1 N–H and O–H groups in total. The van der Waals surface area contributed by atoms with Gasteiger partial charge in [-0.15, -0.1) is 0 Å². The van der Waals surface area contributed by atoms with Crippen LogP contribution < -0.4 is 5.32 Å². The Labute approximate surface area is 113 Å². The molecule has 2 aliphatic carbocycles. The molecule has 0 amide bonds. The molecular formula is C16H30N2. The maximum Gasteiger partial charge on any atom is 0.0195 e. The van der Waals surface area contributed by atoms with Crippen LogP contribution in [0.25, 0.3) is 0 Å². The highest BCUT2D eigenvalue weighted by atomic mass is 15.2. The Morgan fingerprint density at radius 2 is 1.83 bits per heavy atom. The lowest BCUT2D eigenvalue weighted by atomic mass is 9.57. The van der Waals surface area contributed by atoms with Crippen LogP contribution in [0.4, 0.5) is 0 Å². The first kappa shape index (κ1) is 12.9. The van der Waals surface area contributed by atoms with E-state index in [1.807, 2.05) is 0 Å². The van der Waals surface area contributed by atoms with Crippen LogP contribution in [0.3, 0.4) is 0 Å². The molecule has 1 saturated heterocycles. The van der Waals surface area contributed by atoms with Gasteiger partial charge in [0.15, 0.2) is 0 Å². The Morgan fingerprint density at radius 3 is 2.44 bits per heavy atom. The molecule has 2 nitrogen and oxygen atoms in total. The Balaban J connectivity index is 1.53. The summed E-state index contributed by atoms with van der Waals surface area (Å²) >= 11 is 0. The third kappa shape index (κ3) is 2.46. The van der Waals surface area contributed by atoms with Crippen molar-refractivity contribution in [2.24, 2.45) is 5.41 Å². The Kier molecular flexibility index (Phi) is 3.95. The molecule has 3 fully saturated rings. The van der Waals surface area contributed by atoms with E-state index in [1.165, 1.54) is 77.3 Å². The largest absolute Gasteiger partial charge is 0.313 e. The Bertz CT molecular complexity index is 264. The fourth-order valence-corrected chi connectivity index (χ4v) is 4.76. The van der Waals surface area contributed by atoms with Gasteiger partial charge in [0.2, 0.25) is 0 Å². The van der Waals surface area contributed by atoms with Gasteiger partial charge >= 0.3 is 0 Å². The van der Waals surface area contributed by atoms with Crippen molar-refractivity contribution in [3.8, 4) is 0 Å². The third-order valence-electron chi connectivity index (χ3n) is 5.92. The Hall–Kier alpha value is -0.0800. The van der Waals surface area contributed by atoms with Gasteiger partial charge in [0.05, 0.1) is 0 Å². The highest BCUT2D eigenvalue weighted by Crippen LogP contribution is 2.53. The summed E-state index contributed by atoms with van der Waals surface area (Å²) in [5, 5.41) is 3.70. The van der Waals surface area contributed by atoms with Gasteiger partial charge in [-0.1, -0.05) is 25.7 Å². The van der Waals surface area contributed by atoms with Gasteiger partial charge in [0.1, 0.15) is 0 Å². The van der Waals surface area contributed by atoms with Crippen molar-refractivity contribution in [2.45, 2.75) is 76.3 Å². The van der Waals surface area contributed by atoms with Crippen molar-refractivity contribution in [1.29, 1.82) is 0 Å². The minimum absolute atomic E-state index is 0.738. The summed E-state index contributed by atoms with van der Waals surface area (Å²) in [6.07, 6.45) is 14.7. The zero-order valence-electron chi connectivity index (χ0n) is 12.1. The molecule has 0 aromatic rings. The van der Waals surface area contributed by atoms with Crippen LogP contribution in [0, 0.1) is 5.41 Å². The molecule has 104 valence electrons. The molecule has 3 rings (SSSR count). The topological polar surface area (TPSA) is 15.3 Å². The van der Waals surface area contributed by atoms with Crippen LogP contribution >= 0.6 is 0 Å². The number of hydrogen-bond acceptors (Lipinski definition) is 2. The van der Waals surface area contributed by atoms with E-state index in [2.05, 4.69) is 17.3 Å². The SMILES string of the molecule is CN(CC1CCCCN1)C1CCC12CCCCC2. The molecule has 0 radical (unpaired) electrons. The molecule has 3 aliphatic rings. The van der Waals surface area contributed by atoms with Gasteiger partial charge in [-0.2, -0.15) is 0 Å². The van der Waals surface area contributed by atoms with Gasteiger partial charge in [0.25, 0.3) is 0 Å². The van der Waals surface area contributed by atoms with Crippen molar-refractivity contribution in [3.63, 3.8) is 0 Å². The monoisotopic (exact) mass is 250 g/mol. The molecule has 1 aliphatic heterocycles. The maximum atomic E-state index is 3.70. The highest BCUT2D eigenvalue weighted by molar-refractivity contribution is 5.02. The molecular weight excluding hydrogens is 220 g/mol. The van der Waals surface area contributed by atoms with Crippen molar-refractivity contribution < 1.29 is 0 Å². The van der Waals surface area contributed by atoms with Crippen LogP contribution in [0.5, 0.6) is 0 Å². The van der Waals surface area contributed by atoms with Crippen molar-refractivity contribution >= 4 is 0 Å². The van der Waals surface area contributed by atoms with Crippen LogP contribution in [0.15, 0.2) is 0 Å². The lowest BCUT2D eigenvalue weighted by molar-refractivity contribution is -0.0454. The normalized spacial score (nSPS) is 35.7. The summed E-state index contributed by atoms with van der Waals surface area (Å²) in [6.45, 7) is 2.53. The fraction of sp³-hybridized carbons (Fsp3) is 1.00. The fourth-order valence-electron chi connectivity index (χ4n) is 4.76. The second-order valence-electron chi connectivity index (χ2n) is 7.06. The molecule has 2 heteroatoms. The van der Waals surface area contributed by atoms with E-state index >= 15 is 0 Å². The second kappa shape index (κ2) is 5.50. The van der Waals surface area contributed by atoms with Crippen molar-refractivity contribution in [2.75, 3.05) is 20.1 Å². The van der Waals surface area contributed by atoms with E-state index < -0.39 is 0 Å². The predicted octanol–water partition coefficient (Wildman–Crippen LogP) is 3.17. The first-order valence-electron chi connectivity index (χ1n) is 8.24. The molecule has 1 heterocycles. The quantitative estimate of drug-likeness (QED) is 0.827. The number of piperidine rings is 1. The van der Waals surface area contributed by atoms with Gasteiger partial charge in [0, 0.05) is 18.6 Å². The number of nitrogens with one attached hydrogen (secondary N) is 1. The predicted molar refractivity (Wildman–Crippen MR) is 76.8 cm³/mol. The first-order chi connectivity index (χ1) is 8.80. The van der Waals surface area contributed by atoms with Gasteiger partial charge < -0.3 is 10.2 Å². The van der Waals surface area contributed by atoms with Crippen LogP contribution in [0.1, 0.15) is 64.2 Å². The average Bonchev–Trinajstić information content (AvgIpc) is 2.39. The first-order valence-corrected chi connectivity index (χ1v) is 8.24. The zero-order chi connectivity index (χ0) is 12.4. The number of hydrogen-bond donors (Lipinski definition) is 1. The van der Waals surface area contributed by atoms with E-state index in [0.717, 1.165) is 17.5 Å². The van der Waals surface area contributed by atoms with E-state index in [9.17, 15) is 0 Å². The van der Waals surface area contributed by atoms with E-state index in [1.54, 1.807) is 0 Å². The van der Waals surface area contributed by atoms with Gasteiger partial charge in [-0.05, 0) is 57.5 Å². The van der Waals surface area contributed by atoms with Crippen molar-refractivity contribution in [3.05, 3.63) is 0 Å². The molecule has 2 atom stereocenters. The lowest BCUT2D eigenvalue weighted by Gasteiger charge is -2.56. The zero-order valence-corrected chi connectivity index (χ0v) is 12.1. The molecule has 0 bridgehead atoms. The smallest absolute Gasteiger partial charge is 0.0195 e. The van der Waals surface area contributed by atoms with Crippen molar-refractivity contribution in [1.82, 2.24) is 10.2 Å². The van der Waals surface area contributed by atoms with E-state index in [4.69, 9.17) is 0 Å². The summed E-state index contributed by atoms with van der Waals surface area (Å²) in [5.41, 5.74) is 0.738. The number of nitrogens with zero attached hydrogens (tertiary/aromatic N) is 1. The summed E-state index contributed by atoms with van der Waals surface area (Å²) in [7, 11) is 2.39. The summed E-state index contributed by atoms with van der Waals surface area (Å²) in [6, 6.07) is 1.67. The molecule has 2 saturated carbocycles. The standard InChI is InChI=1S/C16H30N2/c1-18(13-14-7-3-6-12-17-14)15-8-11-16(15)9-4-2-5-10-16/h14-15,17H,2-13H2,1H3. The van der Waals surface area contributed by atoms with Gasteiger partial charge in [-0.25, -0.2) is 0 Å². The molecule has 18 heavy (non-hydrogen) atoms. The maximum absolute atomic E-state index is 3.70. The lowest BCUT2D eigenvalue weighted by Crippen LogP contribution is -2.57. The number of likely N-dealkylation sites (N-methyl/N-ethyl adjacent to an activating group) is 1. The van der Waals surface area contributed by atoms with Crippen LogP contribution in [0.2, 0.25) is 0 Å². The second-order valence-corrected chi connectivity index (χ2v) is 7.06. The molecule has 0 aromatic carbocycles. The highest BCUT2D eigenvalue weighted by Gasteiger charge is 2.48. The van der Waals surface area contributed by atoms with Crippen LogP contribution in [-0.4, -0.2) is 37.1 Å².